The zero-order valence-corrected chi connectivity index (χ0v) is 21.8. The zero-order valence-electron chi connectivity index (χ0n) is 20.2. The number of aliphatic carboxylic acids is 1. The Hall–Kier alpha value is -3.42. The highest BCUT2D eigenvalue weighted by Crippen LogP contribution is 2.42. The Labute approximate surface area is 218 Å². The van der Waals surface area contributed by atoms with Crippen LogP contribution in [0.4, 0.5) is 5.69 Å². The average Bonchev–Trinajstić information content (AvgIpc) is 3.50. The number of aryl methyl sites for hydroxylation is 1. The second-order valence-corrected chi connectivity index (χ2v) is 11.8. The Morgan fingerprint density at radius 1 is 1.22 bits per heavy atom. The molecule has 3 heterocycles. The maximum absolute atomic E-state index is 12.7. The van der Waals surface area contributed by atoms with Gasteiger partial charge in [-0.3, -0.25) is 4.68 Å². The molecule has 0 unspecified atom stereocenters. The summed E-state index contributed by atoms with van der Waals surface area (Å²) in [4.78, 5) is 23.3. The molecule has 0 saturated carbocycles. The summed E-state index contributed by atoms with van der Waals surface area (Å²) in [6, 6.07) is 9.35. The van der Waals surface area contributed by atoms with Crippen molar-refractivity contribution in [1.82, 2.24) is 14.1 Å². The molecule has 13 heteroatoms. The number of hydrogen-bond acceptors (Lipinski definition) is 8. The third-order valence-corrected chi connectivity index (χ3v) is 9.27. The average molecular weight is 549 g/mol. The van der Waals surface area contributed by atoms with Crippen LogP contribution < -0.4 is 10.1 Å². The van der Waals surface area contributed by atoms with Gasteiger partial charge < -0.3 is 20.3 Å². The third kappa shape index (κ3) is 6.48. The van der Waals surface area contributed by atoms with Crippen LogP contribution in [0.1, 0.15) is 28.1 Å². The van der Waals surface area contributed by atoms with Crippen molar-refractivity contribution in [1.29, 1.82) is 0 Å². The number of aromatic carboxylic acids is 1. The molecule has 0 amide bonds. The van der Waals surface area contributed by atoms with Crippen molar-refractivity contribution in [2.75, 3.05) is 30.8 Å². The summed E-state index contributed by atoms with van der Waals surface area (Å²) < 4.78 is 33.9. The molecule has 3 N–H and O–H groups in total. The van der Waals surface area contributed by atoms with Gasteiger partial charge in [-0.05, 0) is 43.5 Å². The zero-order chi connectivity index (χ0) is 26.6. The lowest BCUT2D eigenvalue weighted by Crippen LogP contribution is -2.43. The van der Waals surface area contributed by atoms with E-state index in [0.29, 0.717) is 42.9 Å². The predicted molar refractivity (Wildman–Crippen MR) is 139 cm³/mol. The number of carbonyl (C=O) groups is 2. The molecule has 198 valence electrons. The summed E-state index contributed by atoms with van der Waals surface area (Å²) in [5.74, 6) is -2.30. The number of anilines is 1. The first-order valence-electron chi connectivity index (χ1n) is 11.7. The van der Waals surface area contributed by atoms with Crippen LogP contribution >= 0.6 is 11.3 Å². The quantitative estimate of drug-likeness (QED) is 0.328. The molecule has 37 heavy (non-hydrogen) atoms. The topological polar surface area (TPSA) is 151 Å². The van der Waals surface area contributed by atoms with E-state index in [-0.39, 0.29) is 22.4 Å². The molecule has 0 spiro atoms. The Balaban J connectivity index is 1.40. The van der Waals surface area contributed by atoms with Gasteiger partial charge >= 0.3 is 11.9 Å². The second-order valence-electron chi connectivity index (χ2n) is 8.69. The number of sulfonamides is 1. The van der Waals surface area contributed by atoms with Gasteiger partial charge in [-0.25, -0.2) is 22.3 Å². The Bertz CT molecular complexity index is 1360. The van der Waals surface area contributed by atoms with Gasteiger partial charge in [-0.1, -0.05) is 12.1 Å². The molecule has 1 aliphatic heterocycles. The summed E-state index contributed by atoms with van der Waals surface area (Å²) in [5.41, 5.74) is 2.17. The second kappa shape index (κ2) is 11.3. The highest BCUT2D eigenvalue weighted by Gasteiger charge is 2.28. The Kier molecular flexibility index (Phi) is 8.15. The number of nitrogens with one attached hydrogen (secondary N) is 1. The molecular weight excluding hydrogens is 520 g/mol. The molecule has 2 aromatic heterocycles. The molecule has 1 fully saturated rings. The van der Waals surface area contributed by atoms with E-state index in [1.807, 2.05) is 24.3 Å². The fraction of sp³-hybridized carbons (Fsp3) is 0.375. The number of carboxylic acid groups (broad SMARTS) is 2. The van der Waals surface area contributed by atoms with Gasteiger partial charge in [0.1, 0.15) is 5.75 Å². The van der Waals surface area contributed by atoms with Crippen LogP contribution in [0.3, 0.4) is 0 Å². The fourth-order valence-electron chi connectivity index (χ4n) is 4.26. The third-order valence-electron chi connectivity index (χ3n) is 6.11. The number of carboxylic acids is 2. The molecular formula is C24H28N4O7S2. The van der Waals surface area contributed by atoms with E-state index in [1.54, 1.807) is 30.1 Å². The standard InChI is InChI=1S/C24H28N4O7S2/c1-16-21(35-15-20(29)30)23(24(31)32)36-22(16)17-4-2-5-19(14-17)26-18-6-10-28(11-7-18)37(33,34)13-12-27-9-3-8-25-27/h2-5,8-9,14,18,26H,6-7,10-13,15H2,1H3,(H,29,30)(H,31,32). The Morgan fingerprint density at radius 2 is 1.97 bits per heavy atom. The molecule has 0 atom stereocenters. The minimum Gasteiger partial charge on any atom is -0.480 e. The fourth-order valence-corrected chi connectivity index (χ4v) is 6.79. The van der Waals surface area contributed by atoms with E-state index in [2.05, 4.69) is 10.4 Å². The van der Waals surface area contributed by atoms with Crippen molar-refractivity contribution in [2.45, 2.75) is 32.4 Å². The molecule has 1 saturated heterocycles. The normalized spacial score (nSPS) is 14.9. The molecule has 0 bridgehead atoms. The highest BCUT2D eigenvalue weighted by molar-refractivity contribution is 7.89. The van der Waals surface area contributed by atoms with Crippen LogP contribution in [0.15, 0.2) is 42.7 Å². The van der Waals surface area contributed by atoms with Crippen LogP contribution in [0.5, 0.6) is 5.75 Å². The van der Waals surface area contributed by atoms with Crippen molar-refractivity contribution < 1.29 is 33.0 Å². The van der Waals surface area contributed by atoms with Gasteiger partial charge in [-0.15, -0.1) is 11.3 Å². The number of rotatable bonds is 11. The van der Waals surface area contributed by atoms with Crippen molar-refractivity contribution in [3.05, 3.63) is 53.2 Å². The van der Waals surface area contributed by atoms with E-state index < -0.39 is 28.6 Å². The lowest BCUT2D eigenvalue weighted by molar-refractivity contribution is -0.139. The predicted octanol–water partition coefficient (Wildman–Crippen LogP) is 2.99. The van der Waals surface area contributed by atoms with Crippen molar-refractivity contribution in [3.63, 3.8) is 0 Å². The minimum absolute atomic E-state index is 0.00544. The molecule has 4 rings (SSSR count). The van der Waals surface area contributed by atoms with Gasteiger partial charge in [0, 0.05) is 47.7 Å². The van der Waals surface area contributed by atoms with E-state index in [4.69, 9.17) is 9.84 Å². The number of aromatic nitrogens is 2. The van der Waals surface area contributed by atoms with E-state index >= 15 is 0 Å². The van der Waals surface area contributed by atoms with Crippen LogP contribution in [0.2, 0.25) is 0 Å². The van der Waals surface area contributed by atoms with Gasteiger partial charge in [0.15, 0.2) is 11.5 Å². The highest BCUT2D eigenvalue weighted by atomic mass is 32.2. The molecule has 0 aliphatic carbocycles. The van der Waals surface area contributed by atoms with E-state index in [9.17, 15) is 23.1 Å². The molecule has 3 aromatic rings. The molecule has 1 aliphatic rings. The smallest absolute Gasteiger partial charge is 0.349 e. The first-order chi connectivity index (χ1) is 17.6. The van der Waals surface area contributed by atoms with Gasteiger partial charge in [0.25, 0.3) is 0 Å². The van der Waals surface area contributed by atoms with Crippen molar-refractivity contribution in [2.24, 2.45) is 0 Å². The van der Waals surface area contributed by atoms with Gasteiger partial charge in [-0.2, -0.15) is 5.10 Å². The lowest BCUT2D eigenvalue weighted by atomic mass is 10.0. The largest absolute Gasteiger partial charge is 0.480 e. The summed E-state index contributed by atoms with van der Waals surface area (Å²) in [7, 11) is -3.37. The SMILES string of the molecule is Cc1c(-c2cccc(NC3CCN(S(=O)(=O)CCn4cccn4)CC3)c2)sc(C(=O)O)c1OCC(=O)O. The van der Waals surface area contributed by atoms with Crippen LogP contribution in [0.25, 0.3) is 10.4 Å². The van der Waals surface area contributed by atoms with Crippen molar-refractivity contribution >= 4 is 39.0 Å². The Morgan fingerprint density at radius 3 is 2.62 bits per heavy atom. The molecule has 1 aromatic carbocycles. The first-order valence-corrected chi connectivity index (χ1v) is 14.1. The number of ether oxygens (including phenoxy) is 1. The summed E-state index contributed by atoms with van der Waals surface area (Å²) in [6.07, 6.45) is 4.67. The monoisotopic (exact) mass is 548 g/mol. The van der Waals surface area contributed by atoms with Crippen LogP contribution in [-0.2, 0) is 21.4 Å². The number of piperidine rings is 1. The summed E-state index contributed by atoms with van der Waals surface area (Å²) >= 11 is 1.04. The molecule has 11 nitrogen and oxygen atoms in total. The summed E-state index contributed by atoms with van der Waals surface area (Å²) in [6.45, 7) is 2.24. The first kappa shape index (κ1) is 26.6. The van der Waals surface area contributed by atoms with Crippen LogP contribution in [0, 0.1) is 6.92 Å². The van der Waals surface area contributed by atoms with E-state index in [0.717, 1.165) is 22.6 Å². The van der Waals surface area contributed by atoms with Gasteiger partial charge in [0.05, 0.1) is 12.3 Å². The van der Waals surface area contributed by atoms with Crippen molar-refractivity contribution in [3.8, 4) is 16.2 Å². The van der Waals surface area contributed by atoms with Crippen LogP contribution in [-0.4, -0.2) is 76.1 Å². The number of benzene rings is 1. The maximum atomic E-state index is 12.7. The molecule has 0 radical (unpaired) electrons. The van der Waals surface area contributed by atoms with E-state index in [1.165, 1.54) is 4.31 Å². The summed E-state index contributed by atoms with van der Waals surface area (Å²) in [5, 5.41) is 26.0. The number of nitrogens with zero attached hydrogens (tertiary/aromatic N) is 3. The lowest BCUT2D eigenvalue weighted by Gasteiger charge is -2.32. The number of hydrogen-bond donors (Lipinski definition) is 3. The number of thiophene rings is 1. The maximum Gasteiger partial charge on any atom is 0.349 e. The minimum atomic E-state index is -3.37. The van der Waals surface area contributed by atoms with Gasteiger partial charge in [0.2, 0.25) is 10.0 Å².